The van der Waals surface area contributed by atoms with Crippen LogP contribution in [0.15, 0.2) is 22.7 Å². The number of hydrogen-bond acceptors (Lipinski definition) is 2. The van der Waals surface area contributed by atoms with Crippen LogP contribution in [0, 0.1) is 5.82 Å². The molecule has 2 nitrogen and oxygen atoms in total. The predicted molar refractivity (Wildman–Crippen MR) is 70.3 cm³/mol. The Balaban J connectivity index is 2.64. The van der Waals surface area contributed by atoms with Gasteiger partial charge < -0.3 is 5.73 Å². The van der Waals surface area contributed by atoms with Crippen LogP contribution >= 0.6 is 15.9 Å². The van der Waals surface area contributed by atoms with Crippen molar-refractivity contribution in [1.29, 1.82) is 0 Å². The van der Waals surface area contributed by atoms with Crippen LogP contribution in [-0.4, -0.2) is 11.8 Å². The average Bonchev–Trinajstić information content (AvgIpc) is 2.31. The number of carbonyl (C=O) groups excluding carboxylic acids is 1. The first kappa shape index (κ1) is 14.3. The van der Waals surface area contributed by atoms with Crippen LogP contribution in [0.25, 0.3) is 0 Å². The molecule has 0 aromatic heterocycles. The highest BCUT2D eigenvalue weighted by Gasteiger charge is 2.15. The monoisotopic (exact) mass is 301 g/mol. The Morgan fingerprint density at radius 1 is 1.53 bits per heavy atom. The number of unbranched alkanes of at least 4 members (excludes halogenated alkanes) is 1. The van der Waals surface area contributed by atoms with Crippen LogP contribution in [0.1, 0.15) is 31.7 Å². The van der Waals surface area contributed by atoms with E-state index in [4.69, 9.17) is 5.73 Å². The smallest absolute Gasteiger partial charge is 0.153 e. The zero-order valence-electron chi connectivity index (χ0n) is 9.88. The Hall–Kier alpha value is -0.740. The van der Waals surface area contributed by atoms with E-state index in [1.165, 1.54) is 6.07 Å². The molecule has 1 aromatic rings. The molecule has 94 valence electrons. The maximum atomic E-state index is 13.2. The van der Waals surface area contributed by atoms with Gasteiger partial charge in [-0.2, -0.15) is 0 Å². The summed E-state index contributed by atoms with van der Waals surface area (Å²) in [5, 5.41) is 0. The summed E-state index contributed by atoms with van der Waals surface area (Å²) in [6.07, 6.45) is 2.84. The largest absolute Gasteiger partial charge is 0.321 e. The lowest BCUT2D eigenvalue weighted by Crippen LogP contribution is -2.31. The van der Waals surface area contributed by atoms with Crippen molar-refractivity contribution in [3.8, 4) is 0 Å². The summed E-state index contributed by atoms with van der Waals surface area (Å²) in [4.78, 5) is 11.8. The second-order valence-corrected chi connectivity index (χ2v) is 4.90. The zero-order chi connectivity index (χ0) is 12.8. The van der Waals surface area contributed by atoms with E-state index in [9.17, 15) is 9.18 Å². The third-order valence-corrected chi connectivity index (χ3v) is 3.57. The molecule has 0 aliphatic rings. The Bertz CT molecular complexity index is 395. The molecule has 0 aliphatic heterocycles. The van der Waals surface area contributed by atoms with E-state index in [0.717, 1.165) is 12.8 Å². The second-order valence-electron chi connectivity index (χ2n) is 4.10. The lowest BCUT2D eigenvalue weighted by molar-refractivity contribution is -0.119. The van der Waals surface area contributed by atoms with Gasteiger partial charge in [-0.3, -0.25) is 4.79 Å². The van der Waals surface area contributed by atoms with E-state index in [-0.39, 0.29) is 18.0 Å². The molecule has 0 aliphatic carbocycles. The normalized spacial score (nSPS) is 12.5. The molecule has 1 rings (SSSR count). The van der Waals surface area contributed by atoms with Gasteiger partial charge in [-0.15, -0.1) is 0 Å². The van der Waals surface area contributed by atoms with Crippen molar-refractivity contribution in [2.24, 2.45) is 5.73 Å². The van der Waals surface area contributed by atoms with E-state index in [0.29, 0.717) is 16.5 Å². The Kier molecular flexibility index (Phi) is 5.78. The zero-order valence-corrected chi connectivity index (χ0v) is 11.5. The third-order valence-electron chi connectivity index (χ3n) is 2.68. The molecule has 0 spiro atoms. The van der Waals surface area contributed by atoms with E-state index >= 15 is 0 Å². The molecule has 0 radical (unpaired) electrons. The van der Waals surface area contributed by atoms with Crippen molar-refractivity contribution in [3.05, 3.63) is 34.1 Å². The number of halogens is 2. The molecule has 0 saturated heterocycles. The molecule has 4 heteroatoms. The average molecular weight is 302 g/mol. The predicted octanol–water partition coefficient (Wildman–Crippen LogP) is 3.22. The molecule has 0 amide bonds. The van der Waals surface area contributed by atoms with E-state index in [1.807, 2.05) is 0 Å². The first-order valence-corrected chi connectivity index (χ1v) is 6.56. The fourth-order valence-electron chi connectivity index (χ4n) is 1.59. The quantitative estimate of drug-likeness (QED) is 0.877. The van der Waals surface area contributed by atoms with Crippen LogP contribution in [0.4, 0.5) is 4.39 Å². The fraction of sp³-hybridized carbons (Fsp3) is 0.462. The van der Waals surface area contributed by atoms with Crippen molar-refractivity contribution in [1.82, 2.24) is 0 Å². The molecular weight excluding hydrogens is 285 g/mol. The Morgan fingerprint density at radius 3 is 2.88 bits per heavy atom. The molecule has 0 bridgehead atoms. The van der Waals surface area contributed by atoms with Gasteiger partial charge in [-0.1, -0.05) is 31.9 Å². The molecule has 1 atom stereocenters. The van der Waals surface area contributed by atoms with Gasteiger partial charge in [-0.25, -0.2) is 4.39 Å². The lowest BCUT2D eigenvalue weighted by Gasteiger charge is -2.11. The molecule has 1 unspecified atom stereocenters. The second kappa shape index (κ2) is 6.87. The van der Waals surface area contributed by atoms with Crippen molar-refractivity contribution in [3.63, 3.8) is 0 Å². The standard InChI is InChI=1S/C13H17BrFNO/c1-2-3-7-11(16)12(17)8-9-5-4-6-10(15)13(9)14/h4-6,11H,2-3,7-8,16H2,1H3. The minimum absolute atomic E-state index is 0.0373. The topological polar surface area (TPSA) is 43.1 Å². The van der Waals surface area contributed by atoms with Gasteiger partial charge in [0, 0.05) is 6.42 Å². The van der Waals surface area contributed by atoms with Crippen molar-refractivity contribution < 1.29 is 9.18 Å². The van der Waals surface area contributed by atoms with Crippen molar-refractivity contribution in [2.45, 2.75) is 38.6 Å². The minimum Gasteiger partial charge on any atom is -0.321 e. The van der Waals surface area contributed by atoms with Crippen LogP contribution in [0.3, 0.4) is 0 Å². The number of hydrogen-bond donors (Lipinski definition) is 1. The highest BCUT2D eigenvalue weighted by atomic mass is 79.9. The van der Waals surface area contributed by atoms with E-state index < -0.39 is 6.04 Å². The number of benzene rings is 1. The lowest BCUT2D eigenvalue weighted by atomic mass is 10.0. The molecule has 1 aromatic carbocycles. The minimum atomic E-state index is -0.440. The molecule has 0 fully saturated rings. The highest BCUT2D eigenvalue weighted by Crippen LogP contribution is 2.21. The van der Waals surface area contributed by atoms with Gasteiger partial charge in [0.2, 0.25) is 0 Å². The third kappa shape index (κ3) is 4.21. The number of Topliss-reactive ketones (excluding diaryl/α,β-unsaturated/α-hetero) is 1. The number of ketones is 1. The van der Waals surface area contributed by atoms with E-state index in [1.54, 1.807) is 12.1 Å². The van der Waals surface area contributed by atoms with Crippen LogP contribution in [0.5, 0.6) is 0 Å². The fourth-order valence-corrected chi connectivity index (χ4v) is 1.99. The summed E-state index contributed by atoms with van der Waals surface area (Å²) in [5.74, 6) is -0.387. The van der Waals surface area contributed by atoms with Gasteiger partial charge >= 0.3 is 0 Å². The molecule has 0 heterocycles. The molecule has 2 N–H and O–H groups in total. The SMILES string of the molecule is CCCCC(N)C(=O)Cc1cccc(F)c1Br. The summed E-state index contributed by atoms with van der Waals surface area (Å²) < 4.78 is 13.6. The summed E-state index contributed by atoms with van der Waals surface area (Å²) in [7, 11) is 0. The van der Waals surface area contributed by atoms with Crippen LogP contribution < -0.4 is 5.73 Å². The summed E-state index contributed by atoms with van der Waals surface area (Å²) >= 11 is 3.14. The summed E-state index contributed by atoms with van der Waals surface area (Å²) in [6.45, 7) is 2.06. The van der Waals surface area contributed by atoms with Crippen LogP contribution in [0.2, 0.25) is 0 Å². The number of nitrogens with two attached hydrogens (primary N) is 1. The Morgan fingerprint density at radius 2 is 2.24 bits per heavy atom. The summed E-state index contributed by atoms with van der Waals surface area (Å²) in [5.41, 5.74) is 6.44. The van der Waals surface area contributed by atoms with Gasteiger partial charge in [0.15, 0.2) is 5.78 Å². The Labute approximate surface area is 110 Å². The highest BCUT2D eigenvalue weighted by molar-refractivity contribution is 9.10. The van der Waals surface area contributed by atoms with Gasteiger partial charge in [0.1, 0.15) is 5.82 Å². The summed E-state index contributed by atoms with van der Waals surface area (Å²) in [6, 6.07) is 4.25. The van der Waals surface area contributed by atoms with E-state index in [2.05, 4.69) is 22.9 Å². The van der Waals surface area contributed by atoms with Gasteiger partial charge in [-0.05, 0) is 34.0 Å². The van der Waals surface area contributed by atoms with Gasteiger partial charge in [0.25, 0.3) is 0 Å². The molecular formula is C13H17BrFNO. The van der Waals surface area contributed by atoms with Crippen LogP contribution in [-0.2, 0) is 11.2 Å². The van der Waals surface area contributed by atoms with Crippen molar-refractivity contribution in [2.75, 3.05) is 0 Å². The molecule has 0 saturated carbocycles. The maximum absolute atomic E-state index is 13.2. The number of rotatable bonds is 6. The number of carbonyl (C=O) groups is 1. The van der Waals surface area contributed by atoms with Crippen molar-refractivity contribution >= 4 is 21.7 Å². The first-order valence-electron chi connectivity index (χ1n) is 5.77. The molecule has 17 heavy (non-hydrogen) atoms. The maximum Gasteiger partial charge on any atom is 0.153 e. The first-order chi connectivity index (χ1) is 8.06. The van der Waals surface area contributed by atoms with Gasteiger partial charge in [0.05, 0.1) is 10.5 Å².